The molecule has 96 valence electrons. The van der Waals surface area contributed by atoms with Crippen LogP contribution in [-0.2, 0) is 0 Å². The summed E-state index contributed by atoms with van der Waals surface area (Å²) in [6.45, 7) is 1.81. The van der Waals surface area contributed by atoms with Gasteiger partial charge in [0.15, 0.2) is 0 Å². The molecule has 0 aliphatic carbocycles. The first kappa shape index (κ1) is 13.1. The number of alkyl halides is 1. The highest BCUT2D eigenvalue weighted by Crippen LogP contribution is 2.37. The summed E-state index contributed by atoms with van der Waals surface area (Å²) >= 11 is 3.26. The lowest BCUT2D eigenvalue weighted by Crippen LogP contribution is -2.02. The van der Waals surface area contributed by atoms with Gasteiger partial charge >= 0.3 is 0 Å². The Kier molecular flexibility index (Phi) is 3.71. The molecule has 0 fully saturated rings. The number of halogens is 3. The first-order chi connectivity index (χ1) is 8.54. The van der Waals surface area contributed by atoms with Crippen LogP contribution >= 0.6 is 15.9 Å². The maximum Gasteiger partial charge on any atom is 0.134 e. The average molecular weight is 317 g/mol. The van der Waals surface area contributed by atoms with E-state index in [1.807, 2.05) is 6.92 Å². The predicted molar refractivity (Wildman–Crippen MR) is 67.1 cm³/mol. The van der Waals surface area contributed by atoms with Crippen molar-refractivity contribution in [2.24, 2.45) is 0 Å². The van der Waals surface area contributed by atoms with Gasteiger partial charge < -0.3 is 9.15 Å². The molecule has 0 N–H and O–H groups in total. The Morgan fingerprint density at radius 1 is 1.28 bits per heavy atom. The summed E-state index contributed by atoms with van der Waals surface area (Å²) in [6.07, 6.45) is 1.48. The largest absolute Gasteiger partial charge is 0.497 e. The molecule has 0 saturated heterocycles. The van der Waals surface area contributed by atoms with Crippen molar-refractivity contribution in [3.63, 3.8) is 0 Å². The lowest BCUT2D eigenvalue weighted by molar-refractivity contribution is 0.404. The van der Waals surface area contributed by atoms with Gasteiger partial charge in [0.2, 0.25) is 0 Å². The fraction of sp³-hybridized carbons (Fsp3) is 0.231. The average Bonchev–Trinajstić information content (AvgIpc) is 2.74. The van der Waals surface area contributed by atoms with Gasteiger partial charge in [0, 0.05) is 17.7 Å². The lowest BCUT2D eigenvalue weighted by atomic mass is 10.1. The molecule has 2 nitrogen and oxygen atoms in total. The standard InChI is InChI=1S/C13H11BrF2O2/c1-7-3-4-18-13(7)12(14)11-9(15)5-8(17-2)6-10(11)16/h3-6,12H,1-2H3. The Hall–Kier alpha value is -1.36. The number of hydrogen-bond donors (Lipinski definition) is 0. The van der Waals surface area contributed by atoms with E-state index in [0.29, 0.717) is 5.76 Å². The molecule has 2 rings (SSSR count). The third kappa shape index (κ3) is 2.27. The summed E-state index contributed by atoms with van der Waals surface area (Å²) in [5, 5.41) is 0. The Morgan fingerprint density at radius 2 is 1.89 bits per heavy atom. The van der Waals surface area contributed by atoms with Crippen LogP contribution in [0.15, 0.2) is 28.9 Å². The van der Waals surface area contributed by atoms with Crippen molar-refractivity contribution in [2.75, 3.05) is 7.11 Å². The third-order valence-electron chi connectivity index (χ3n) is 2.67. The molecule has 1 atom stereocenters. The number of furan rings is 1. The molecular weight excluding hydrogens is 306 g/mol. The second-order valence-electron chi connectivity index (χ2n) is 3.84. The summed E-state index contributed by atoms with van der Waals surface area (Å²) in [6, 6.07) is 4.03. The highest BCUT2D eigenvalue weighted by molar-refractivity contribution is 9.09. The van der Waals surface area contributed by atoms with Crippen LogP contribution in [0.2, 0.25) is 0 Å². The molecule has 1 unspecified atom stereocenters. The van der Waals surface area contributed by atoms with Gasteiger partial charge in [0.05, 0.1) is 13.4 Å². The van der Waals surface area contributed by atoms with Crippen molar-refractivity contribution in [2.45, 2.75) is 11.8 Å². The van der Waals surface area contributed by atoms with Gasteiger partial charge in [-0.3, -0.25) is 0 Å². The van der Waals surface area contributed by atoms with Crippen molar-refractivity contribution >= 4 is 15.9 Å². The van der Waals surface area contributed by atoms with E-state index in [2.05, 4.69) is 15.9 Å². The topological polar surface area (TPSA) is 22.4 Å². The van der Waals surface area contributed by atoms with E-state index in [9.17, 15) is 8.78 Å². The first-order valence-electron chi connectivity index (χ1n) is 5.25. The normalized spacial score (nSPS) is 12.5. The zero-order chi connectivity index (χ0) is 13.3. The lowest BCUT2D eigenvalue weighted by Gasteiger charge is -2.12. The summed E-state index contributed by atoms with van der Waals surface area (Å²) in [5.41, 5.74) is 0.736. The molecule has 0 bridgehead atoms. The number of ether oxygens (including phenoxy) is 1. The number of hydrogen-bond acceptors (Lipinski definition) is 2. The van der Waals surface area contributed by atoms with Crippen molar-refractivity contribution in [3.8, 4) is 5.75 Å². The van der Waals surface area contributed by atoms with Crippen LogP contribution in [0.3, 0.4) is 0 Å². The highest BCUT2D eigenvalue weighted by Gasteiger charge is 2.24. The summed E-state index contributed by atoms with van der Waals surface area (Å²) in [7, 11) is 1.36. The number of methoxy groups -OCH3 is 1. The van der Waals surface area contributed by atoms with Crippen LogP contribution in [0.4, 0.5) is 8.78 Å². The van der Waals surface area contributed by atoms with Gasteiger partial charge in [0.1, 0.15) is 28.0 Å². The van der Waals surface area contributed by atoms with E-state index in [4.69, 9.17) is 9.15 Å². The van der Waals surface area contributed by atoms with E-state index in [0.717, 1.165) is 17.7 Å². The van der Waals surface area contributed by atoms with E-state index in [1.54, 1.807) is 6.07 Å². The molecule has 0 radical (unpaired) electrons. The highest BCUT2D eigenvalue weighted by atomic mass is 79.9. The van der Waals surface area contributed by atoms with Crippen molar-refractivity contribution in [3.05, 3.63) is 53.0 Å². The SMILES string of the molecule is COc1cc(F)c(C(Br)c2occc2C)c(F)c1. The molecule has 0 aliphatic heterocycles. The molecule has 2 aromatic rings. The van der Waals surface area contributed by atoms with Crippen LogP contribution in [0.1, 0.15) is 21.7 Å². The third-order valence-corrected chi connectivity index (χ3v) is 3.55. The van der Waals surface area contributed by atoms with Gasteiger partial charge in [-0.1, -0.05) is 15.9 Å². The Bertz CT molecular complexity index is 543. The zero-order valence-electron chi connectivity index (χ0n) is 9.84. The monoisotopic (exact) mass is 316 g/mol. The summed E-state index contributed by atoms with van der Waals surface area (Å²) in [4.78, 5) is -0.668. The molecule has 1 heterocycles. The van der Waals surface area contributed by atoms with Crippen molar-refractivity contribution in [1.29, 1.82) is 0 Å². The van der Waals surface area contributed by atoms with Crippen LogP contribution in [0.5, 0.6) is 5.75 Å². The second-order valence-corrected chi connectivity index (χ2v) is 4.75. The van der Waals surface area contributed by atoms with E-state index in [1.165, 1.54) is 13.4 Å². The van der Waals surface area contributed by atoms with Gasteiger partial charge in [-0.05, 0) is 18.6 Å². The molecule has 18 heavy (non-hydrogen) atoms. The molecule has 0 amide bonds. The van der Waals surface area contributed by atoms with Gasteiger partial charge in [-0.2, -0.15) is 0 Å². The van der Waals surface area contributed by atoms with Crippen molar-refractivity contribution in [1.82, 2.24) is 0 Å². The van der Waals surface area contributed by atoms with Crippen LogP contribution in [0, 0.1) is 18.6 Å². The fourth-order valence-corrected chi connectivity index (χ4v) is 2.60. The quantitative estimate of drug-likeness (QED) is 0.785. The zero-order valence-corrected chi connectivity index (χ0v) is 11.4. The number of aryl methyl sites for hydroxylation is 1. The van der Waals surface area contributed by atoms with Gasteiger partial charge in [-0.25, -0.2) is 8.78 Å². The van der Waals surface area contributed by atoms with Crippen LogP contribution in [0.25, 0.3) is 0 Å². The predicted octanol–water partition coefficient (Wildman–Crippen LogP) is 4.36. The molecule has 1 aromatic heterocycles. The van der Waals surface area contributed by atoms with Crippen molar-refractivity contribution < 1.29 is 17.9 Å². The summed E-state index contributed by atoms with van der Waals surface area (Å²) < 4.78 is 37.8. The maximum atomic E-state index is 13.9. The Labute approximate surface area is 112 Å². The molecule has 1 aromatic carbocycles. The second kappa shape index (κ2) is 5.10. The Morgan fingerprint density at radius 3 is 2.33 bits per heavy atom. The molecule has 0 spiro atoms. The van der Waals surface area contributed by atoms with E-state index >= 15 is 0 Å². The molecular formula is C13H11BrF2O2. The van der Waals surface area contributed by atoms with Gasteiger partial charge in [0.25, 0.3) is 0 Å². The molecule has 5 heteroatoms. The Balaban J connectivity index is 2.48. The smallest absolute Gasteiger partial charge is 0.134 e. The van der Waals surface area contributed by atoms with Crippen LogP contribution < -0.4 is 4.74 Å². The minimum Gasteiger partial charge on any atom is -0.497 e. The minimum absolute atomic E-state index is 0.0890. The van der Waals surface area contributed by atoms with Gasteiger partial charge in [-0.15, -0.1) is 0 Å². The fourth-order valence-electron chi connectivity index (χ4n) is 1.70. The van der Waals surface area contributed by atoms with E-state index < -0.39 is 16.5 Å². The maximum absolute atomic E-state index is 13.9. The van der Waals surface area contributed by atoms with Crippen LogP contribution in [-0.4, -0.2) is 7.11 Å². The summed E-state index contributed by atoms with van der Waals surface area (Å²) in [5.74, 6) is -0.725. The molecule has 0 saturated carbocycles. The minimum atomic E-state index is -0.676. The molecule has 0 aliphatic rings. The first-order valence-corrected chi connectivity index (χ1v) is 6.17. The number of benzene rings is 1. The van der Waals surface area contributed by atoms with E-state index in [-0.39, 0.29) is 11.3 Å². The number of rotatable bonds is 3.